The van der Waals surface area contributed by atoms with Gasteiger partial charge in [-0.15, -0.1) is 11.8 Å². The largest absolute Gasteiger partial charge is 2.00 e. The summed E-state index contributed by atoms with van der Waals surface area (Å²) < 4.78 is 59.1. The molecule has 4 fully saturated rings. The zero-order valence-electron chi connectivity index (χ0n) is 76.1. The van der Waals surface area contributed by atoms with E-state index in [9.17, 15) is 16.8 Å². The van der Waals surface area contributed by atoms with Crippen molar-refractivity contribution in [1.29, 1.82) is 0 Å². The Kier molecular flexibility index (Phi) is 37.2. The molecule has 0 aromatic heterocycles. The Labute approximate surface area is 880 Å². The Bertz CT molecular complexity index is 5830. The molecular weight excluding hydrogens is 2070 g/mol. The molecule has 0 unspecified atom stereocenters. The maximum absolute atomic E-state index is 14.0. The van der Waals surface area contributed by atoms with Crippen LogP contribution in [0.15, 0.2) is 493 Å². The summed E-state index contributed by atoms with van der Waals surface area (Å²) in [5.41, 5.74) is 18.0. The summed E-state index contributed by atoms with van der Waals surface area (Å²) in [6.45, 7) is 3.88. The molecule has 0 saturated heterocycles. The van der Waals surface area contributed by atoms with E-state index >= 15 is 0 Å². The van der Waals surface area contributed by atoms with Gasteiger partial charge in [0.15, 0.2) is 0 Å². The van der Waals surface area contributed by atoms with Crippen LogP contribution in [-0.4, -0.2) is 37.1 Å². The molecule has 20 radical (unpaired) electrons. The molecule has 16 heteroatoms. The zero-order valence-corrected chi connectivity index (χ0v) is 84.6. The molecule has 0 amide bonds. The fraction of sp³-hybridized carbons (Fsp3) is 0.0484. The van der Waals surface area contributed by atoms with E-state index in [-0.39, 0.29) is 56.0 Å². The van der Waals surface area contributed by atoms with Gasteiger partial charge >= 0.3 is 89.6 Å². The van der Waals surface area contributed by atoms with Gasteiger partial charge in [-0.3, -0.25) is 9.98 Å². The quantitative estimate of drug-likeness (QED) is 0.0560. The summed E-state index contributed by atoms with van der Waals surface area (Å²) in [4.78, 5) is 10.5. The minimum absolute atomic E-state index is 0. The van der Waals surface area contributed by atoms with E-state index in [4.69, 9.17) is 9.98 Å². The first-order valence-electron chi connectivity index (χ1n) is 45.3. The summed E-state index contributed by atoms with van der Waals surface area (Å²) in [7, 11) is 1.21. The average Bonchev–Trinajstić information content (AvgIpc) is 1.54. The Morgan fingerprint density at radius 2 is 0.400 bits per heavy atom. The fourth-order valence-corrected chi connectivity index (χ4v) is 21.7. The number of sulfonamides is 2. The van der Waals surface area contributed by atoms with Gasteiger partial charge in [0.25, 0.3) is 20.0 Å². The number of aliphatic imine (C=N–C) groups is 2. The second-order valence-corrected chi connectivity index (χ2v) is 36.8. The predicted molar refractivity (Wildman–Crippen MR) is 550 cm³/mol. The third-order valence-electron chi connectivity index (χ3n) is 24.6. The summed E-state index contributed by atoms with van der Waals surface area (Å²) >= 11 is 4.44. The van der Waals surface area contributed by atoms with Crippen LogP contribution in [0.3, 0.4) is 0 Å². The molecule has 0 spiro atoms. The third-order valence-corrected chi connectivity index (χ3v) is 28.1. The van der Waals surface area contributed by atoms with Crippen molar-refractivity contribution >= 4 is 50.8 Å². The Morgan fingerprint density at radius 3 is 0.564 bits per heavy atom. The monoisotopic (exact) mass is 2160 g/mol. The zero-order chi connectivity index (χ0) is 95.2. The van der Waals surface area contributed by atoms with E-state index in [0.29, 0.717) is 23.5 Å². The van der Waals surface area contributed by atoms with Gasteiger partial charge in [0.05, 0.1) is 33.5 Å². The molecule has 8 nitrogen and oxygen atoms in total. The molecule has 140 heavy (non-hydrogen) atoms. The number of nitrogens with zero attached hydrogens (tertiary/aromatic N) is 4. The van der Waals surface area contributed by atoms with Crippen molar-refractivity contribution in [2.24, 2.45) is 9.98 Å². The summed E-state index contributed by atoms with van der Waals surface area (Å²) in [5.74, 6) is 14.9. The smallest absolute Gasteiger partial charge is 0.0622 e. The minimum Gasteiger partial charge on any atom is -0.0622 e. The van der Waals surface area contributed by atoms with Gasteiger partial charge < -0.3 is 12.8 Å². The maximum atomic E-state index is 14.0. The average molecular weight is 2160 g/mol. The first-order chi connectivity index (χ1) is 67.9. The Hall–Kier alpha value is -10.7. The molecule has 16 aromatic carbocycles. The van der Waals surface area contributed by atoms with Crippen molar-refractivity contribution in [1.82, 2.24) is 8.61 Å². The van der Waals surface area contributed by atoms with Gasteiger partial charge in [-0.2, -0.15) is 0 Å². The normalized spacial score (nSPS) is 18.0. The second-order valence-electron chi connectivity index (χ2n) is 33.1. The number of amidine groups is 2. The Balaban J connectivity index is 0.000000139. The van der Waals surface area contributed by atoms with Crippen LogP contribution in [0.5, 0.6) is 0 Å². The molecule has 692 valence electrons. The van der Waals surface area contributed by atoms with Crippen molar-refractivity contribution in [2.75, 3.05) is 0 Å². The summed E-state index contributed by atoms with van der Waals surface area (Å²) in [5, 5.41) is 0. The molecule has 16 aromatic rings. The van der Waals surface area contributed by atoms with Crippen molar-refractivity contribution in [3.05, 3.63) is 685 Å². The molecule has 6 aliphatic rings. The van der Waals surface area contributed by atoms with Gasteiger partial charge in [0, 0.05) is 59.2 Å². The molecule has 4 atom stereocenters. The van der Waals surface area contributed by atoms with Crippen molar-refractivity contribution in [2.45, 2.75) is 47.8 Å². The van der Waals surface area contributed by atoms with Crippen molar-refractivity contribution in [3.63, 3.8) is 0 Å². The van der Waals surface area contributed by atoms with Crippen LogP contribution < -0.4 is 0 Å². The van der Waals surface area contributed by atoms with Crippen LogP contribution in [0.4, 0.5) is 0 Å². The van der Waals surface area contributed by atoms with Gasteiger partial charge in [-0.05, 0) is 116 Å². The van der Waals surface area contributed by atoms with Gasteiger partial charge in [0.2, 0.25) is 0 Å². The van der Waals surface area contributed by atoms with E-state index in [0.717, 1.165) is 33.4 Å². The molecule has 2 aliphatic heterocycles. The number of aryl methyl sites for hydroxylation is 2. The van der Waals surface area contributed by atoms with Gasteiger partial charge in [0.1, 0.15) is 12.1 Å². The van der Waals surface area contributed by atoms with Crippen LogP contribution in [0.1, 0.15) is 113 Å². The number of hydrogen-bond donors (Lipinski definition) is 0. The number of benzene rings is 16. The second kappa shape index (κ2) is 50.3. The standard InChI is InChI=1S/2C35H25.2C27H22N2O2S.2ClH.2Fe.2Pd/c2*1-6-16-26(17-7-1)31-32(27-18-8-2-9-19-27)34(29-22-12-4-13-23-29)35(30-24-14-5-15-25-30)33(31)28-20-10-3-11-21-28;2*1-20-16-18-24(19-17-20)32(30,31)29-26(22-12-6-3-7-13-22)25(21-10-4-2-5-11-21)28-27(29)23-14-8-9-15-23;;;;;;/h2*1-25H;2*2-14,16-19,25-26H,1H3;2*1H;;;;/q;;2*-1;;;4*+2/p-2/t;;2*25-,26-;;;;;;/m..11....../s1. The molecule has 4 aliphatic carbocycles. The van der Waals surface area contributed by atoms with E-state index < -0.39 is 32.1 Å². The van der Waals surface area contributed by atoms with Crippen LogP contribution in [0.2, 0.25) is 0 Å². The van der Waals surface area contributed by atoms with Crippen LogP contribution in [0, 0.1) is 136 Å². The van der Waals surface area contributed by atoms with E-state index in [1.807, 2.05) is 185 Å². The number of halogens is 2. The van der Waals surface area contributed by atoms with E-state index in [1.165, 1.54) is 123 Å². The molecule has 22 rings (SSSR count). The predicted octanol–water partition coefficient (Wildman–Crippen LogP) is 27.9. The van der Waals surface area contributed by atoms with Crippen LogP contribution >= 0.6 is 19.1 Å². The van der Waals surface area contributed by atoms with E-state index in [1.54, 1.807) is 37.1 Å². The number of rotatable bonds is 20. The third kappa shape index (κ3) is 23.3. The minimum atomic E-state index is -3.89. The number of hydrogen-bond acceptors (Lipinski definition) is 6. The van der Waals surface area contributed by atoms with Gasteiger partial charge in [-0.25, -0.2) is 38.3 Å². The molecule has 0 bridgehead atoms. The molecule has 4 saturated carbocycles. The first kappa shape index (κ1) is 104. The van der Waals surface area contributed by atoms with Crippen LogP contribution in [-0.2, 0) is 90.5 Å². The molecule has 2 heterocycles. The SMILES string of the molecule is Cc1ccc(S(=O)(=O)N2C([C]3[C-][CH][CH][CH]3)=N[C@H](c3ccccc3)[C@H]2c2ccccc2)cc1.Cc1ccc(S(=O)(=O)N2C([C]3[C-][CH][CH][CH]3)=N[C@H](c3ccccc3)[C@H]2c2ccccc2)cc1.[Cl][Pd+].[Cl][Pd+].[Fe+2].[Fe+2].c1ccc([C]2[C](c3ccccc3)[C](c3ccccc3)[C](c3ccccc3)[C]2c2ccccc2)cc1.c1ccc([C]2[C](c3ccccc3)[C](c3ccccc3)[C](c3ccccc3)[C]2c2ccccc2)cc1. The molecular formula is C124H94Cl2Fe2N4O4Pd2S2+4. The van der Waals surface area contributed by atoms with Crippen molar-refractivity contribution < 1.29 is 87.3 Å². The topological polar surface area (TPSA) is 99.5 Å². The van der Waals surface area contributed by atoms with E-state index in [2.05, 4.69) is 372 Å². The fourth-order valence-electron chi connectivity index (χ4n) is 18.5. The maximum Gasteiger partial charge on any atom is 2.00 e. The first-order valence-corrected chi connectivity index (χ1v) is 52.2. The summed E-state index contributed by atoms with van der Waals surface area (Å²) in [6.07, 6.45) is 17.3. The van der Waals surface area contributed by atoms with Crippen molar-refractivity contribution in [3.8, 4) is 0 Å². The summed E-state index contributed by atoms with van der Waals surface area (Å²) in [6, 6.07) is 160. The molecule has 0 N–H and O–H groups in total. The van der Waals surface area contributed by atoms with Crippen LogP contribution in [0.25, 0.3) is 0 Å². The Morgan fingerprint density at radius 1 is 0.236 bits per heavy atom. The van der Waals surface area contributed by atoms with Gasteiger partial charge in [-0.1, -0.05) is 486 Å².